The Hall–Kier alpha value is -1.90. The summed E-state index contributed by atoms with van der Waals surface area (Å²) in [5.41, 5.74) is 4.03. The summed E-state index contributed by atoms with van der Waals surface area (Å²) in [6.45, 7) is 4.93. The minimum absolute atomic E-state index is 0.712. The van der Waals surface area contributed by atoms with Gasteiger partial charge in [-0.25, -0.2) is 0 Å². The highest BCUT2D eigenvalue weighted by Crippen LogP contribution is 2.23. The number of aromatic nitrogens is 2. The topological polar surface area (TPSA) is 34.9 Å². The smallest absolute Gasteiger partial charge is 0.150 e. The lowest BCUT2D eigenvalue weighted by atomic mass is 10.0. The van der Waals surface area contributed by atoms with Gasteiger partial charge in [0.15, 0.2) is 0 Å². The number of aryl methyl sites for hydroxylation is 2. The maximum atomic E-state index is 10.6. The quantitative estimate of drug-likeness (QED) is 0.736. The molecule has 0 saturated carbocycles. The van der Waals surface area contributed by atoms with Gasteiger partial charge in [0, 0.05) is 23.9 Å². The summed E-state index contributed by atoms with van der Waals surface area (Å²) >= 11 is 0. The van der Waals surface area contributed by atoms with Gasteiger partial charge in [-0.3, -0.25) is 9.48 Å². The summed E-state index contributed by atoms with van der Waals surface area (Å²) < 4.78 is 1.89. The van der Waals surface area contributed by atoms with E-state index in [-0.39, 0.29) is 0 Å². The minimum Gasteiger partial charge on any atom is -0.298 e. The van der Waals surface area contributed by atoms with Crippen molar-refractivity contribution in [3.05, 3.63) is 41.7 Å². The predicted molar refractivity (Wildman–Crippen MR) is 63.5 cm³/mol. The zero-order valence-electron chi connectivity index (χ0n) is 9.47. The van der Waals surface area contributed by atoms with Crippen molar-refractivity contribution in [3.8, 4) is 11.1 Å². The Morgan fingerprint density at radius 1 is 1.44 bits per heavy atom. The van der Waals surface area contributed by atoms with Crippen LogP contribution in [0.4, 0.5) is 0 Å². The van der Waals surface area contributed by atoms with Crippen LogP contribution in [0.25, 0.3) is 11.1 Å². The summed E-state index contributed by atoms with van der Waals surface area (Å²) in [6, 6.07) is 5.69. The fourth-order valence-electron chi connectivity index (χ4n) is 1.76. The molecule has 1 aromatic heterocycles. The minimum atomic E-state index is 0.712. The van der Waals surface area contributed by atoms with Gasteiger partial charge in [0.05, 0.1) is 6.20 Å². The van der Waals surface area contributed by atoms with Crippen molar-refractivity contribution in [2.45, 2.75) is 20.4 Å². The van der Waals surface area contributed by atoms with Gasteiger partial charge in [-0.05, 0) is 31.0 Å². The Bertz CT molecular complexity index is 514. The van der Waals surface area contributed by atoms with Gasteiger partial charge in [0.1, 0.15) is 6.29 Å². The Balaban J connectivity index is 2.43. The van der Waals surface area contributed by atoms with Gasteiger partial charge in [-0.1, -0.05) is 12.1 Å². The number of carbonyl (C=O) groups is 1. The van der Waals surface area contributed by atoms with Crippen molar-refractivity contribution in [1.82, 2.24) is 9.78 Å². The number of nitrogens with zero attached hydrogens (tertiary/aromatic N) is 2. The summed E-state index contributed by atoms with van der Waals surface area (Å²) in [7, 11) is 0. The van der Waals surface area contributed by atoms with Crippen LogP contribution in [0, 0.1) is 6.92 Å². The van der Waals surface area contributed by atoms with Crippen LogP contribution in [0.3, 0.4) is 0 Å². The third-order valence-electron chi connectivity index (χ3n) is 2.65. The fraction of sp³-hybridized carbons (Fsp3) is 0.231. The second kappa shape index (κ2) is 4.31. The van der Waals surface area contributed by atoms with E-state index < -0.39 is 0 Å². The van der Waals surface area contributed by atoms with Gasteiger partial charge < -0.3 is 0 Å². The maximum absolute atomic E-state index is 10.6. The third kappa shape index (κ3) is 1.89. The van der Waals surface area contributed by atoms with E-state index in [1.165, 1.54) is 0 Å². The zero-order chi connectivity index (χ0) is 11.5. The second-order valence-electron chi connectivity index (χ2n) is 3.78. The third-order valence-corrected chi connectivity index (χ3v) is 2.65. The van der Waals surface area contributed by atoms with Crippen LogP contribution in [-0.4, -0.2) is 16.1 Å². The van der Waals surface area contributed by atoms with E-state index in [2.05, 4.69) is 12.0 Å². The van der Waals surface area contributed by atoms with E-state index in [9.17, 15) is 4.79 Å². The van der Waals surface area contributed by atoms with E-state index in [0.717, 1.165) is 29.5 Å². The average molecular weight is 214 g/mol. The number of hydrogen-bond acceptors (Lipinski definition) is 2. The number of benzene rings is 1. The number of aldehydes is 1. The van der Waals surface area contributed by atoms with Crippen LogP contribution < -0.4 is 0 Å². The molecule has 1 heterocycles. The molecule has 2 rings (SSSR count). The van der Waals surface area contributed by atoms with E-state index in [4.69, 9.17) is 0 Å². The summed E-state index contributed by atoms with van der Waals surface area (Å²) in [6.07, 6.45) is 4.74. The Morgan fingerprint density at radius 3 is 2.81 bits per heavy atom. The predicted octanol–water partition coefficient (Wildman–Crippen LogP) is 2.69. The Kier molecular flexibility index (Phi) is 2.86. The lowest BCUT2D eigenvalue weighted by molar-refractivity contribution is 0.112. The number of rotatable bonds is 3. The average Bonchev–Trinajstić information content (AvgIpc) is 2.77. The molecule has 0 bridgehead atoms. The van der Waals surface area contributed by atoms with Crippen molar-refractivity contribution >= 4 is 6.29 Å². The molecular formula is C13H14N2O. The summed E-state index contributed by atoms with van der Waals surface area (Å²) in [4.78, 5) is 10.6. The van der Waals surface area contributed by atoms with Crippen molar-refractivity contribution < 1.29 is 4.79 Å². The Labute approximate surface area is 94.7 Å². The number of carbonyl (C=O) groups excluding carboxylic acids is 1. The molecular weight excluding hydrogens is 200 g/mol. The highest BCUT2D eigenvalue weighted by atomic mass is 16.1. The molecule has 0 aliphatic rings. The molecule has 82 valence electrons. The van der Waals surface area contributed by atoms with E-state index in [1.54, 1.807) is 0 Å². The standard InChI is InChI=1S/C13H14N2O/c1-3-15-8-12(7-14-15)13-5-4-11(9-16)6-10(13)2/h4-9H,3H2,1-2H3. The number of hydrogen-bond donors (Lipinski definition) is 0. The first-order valence-corrected chi connectivity index (χ1v) is 5.33. The molecule has 1 aromatic carbocycles. The van der Waals surface area contributed by atoms with Crippen LogP contribution in [-0.2, 0) is 6.54 Å². The first-order chi connectivity index (χ1) is 7.74. The molecule has 2 aromatic rings. The lowest BCUT2D eigenvalue weighted by Crippen LogP contribution is -1.92. The molecule has 0 fully saturated rings. The molecule has 3 heteroatoms. The molecule has 16 heavy (non-hydrogen) atoms. The SMILES string of the molecule is CCn1cc(-c2ccc(C=O)cc2C)cn1. The highest BCUT2D eigenvalue weighted by Gasteiger charge is 2.05. The summed E-state index contributed by atoms with van der Waals surface area (Å²) in [5.74, 6) is 0. The summed E-state index contributed by atoms with van der Waals surface area (Å²) in [5, 5.41) is 4.24. The first kappa shape index (κ1) is 10.6. The molecule has 0 atom stereocenters. The molecule has 0 unspecified atom stereocenters. The van der Waals surface area contributed by atoms with Gasteiger partial charge in [-0.15, -0.1) is 0 Å². The van der Waals surface area contributed by atoms with Crippen molar-refractivity contribution in [3.63, 3.8) is 0 Å². The monoisotopic (exact) mass is 214 g/mol. The second-order valence-corrected chi connectivity index (χ2v) is 3.78. The van der Waals surface area contributed by atoms with Crippen LogP contribution in [0.2, 0.25) is 0 Å². The van der Waals surface area contributed by atoms with Gasteiger partial charge in [-0.2, -0.15) is 5.10 Å². The molecule has 0 aliphatic carbocycles. The van der Waals surface area contributed by atoms with E-state index in [0.29, 0.717) is 5.56 Å². The molecule has 0 saturated heterocycles. The molecule has 0 spiro atoms. The van der Waals surface area contributed by atoms with E-state index in [1.807, 2.05) is 42.2 Å². The Morgan fingerprint density at radius 2 is 2.25 bits per heavy atom. The molecule has 0 N–H and O–H groups in total. The van der Waals surface area contributed by atoms with Crippen LogP contribution in [0.5, 0.6) is 0 Å². The van der Waals surface area contributed by atoms with Gasteiger partial charge in [0.25, 0.3) is 0 Å². The highest BCUT2D eigenvalue weighted by molar-refractivity contribution is 5.78. The maximum Gasteiger partial charge on any atom is 0.150 e. The molecule has 3 nitrogen and oxygen atoms in total. The molecule has 0 amide bonds. The fourth-order valence-corrected chi connectivity index (χ4v) is 1.76. The first-order valence-electron chi connectivity index (χ1n) is 5.33. The van der Waals surface area contributed by atoms with Crippen LogP contribution in [0.15, 0.2) is 30.6 Å². The zero-order valence-corrected chi connectivity index (χ0v) is 9.47. The van der Waals surface area contributed by atoms with E-state index >= 15 is 0 Å². The molecule has 0 aliphatic heterocycles. The van der Waals surface area contributed by atoms with Crippen LogP contribution in [0.1, 0.15) is 22.8 Å². The lowest BCUT2D eigenvalue weighted by Gasteiger charge is -2.03. The van der Waals surface area contributed by atoms with Gasteiger partial charge in [0.2, 0.25) is 0 Å². The van der Waals surface area contributed by atoms with Gasteiger partial charge >= 0.3 is 0 Å². The normalized spacial score (nSPS) is 10.4. The van der Waals surface area contributed by atoms with Crippen molar-refractivity contribution in [2.75, 3.05) is 0 Å². The molecule has 0 radical (unpaired) electrons. The largest absolute Gasteiger partial charge is 0.298 e. The van der Waals surface area contributed by atoms with Crippen LogP contribution >= 0.6 is 0 Å². The van der Waals surface area contributed by atoms with Crippen molar-refractivity contribution in [2.24, 2.45) is 0 Å². The van der Waals surface area contributed by atoms with Crippen molar-refractivity contribution in [1.29, 1.82) is 0 Å².